The van der Waals surface area contributed by atoms with Crippen LogP contribution in [0.25, 0.3) is 0 Å². The Kier molecular flexibility index (Phi) is 7.51. The molecule has 0 fully saturated rings. The van der Waals surface area contributed by atoms with Crippen molar-refractivity contribution in [1.82, 2.24) is 0 Å². The van der Waals surface area contributed by atoms with Gasteiger partial charge in [-0.3, -0.25) is 0 Å². The van der Waals surface area contributed by atoms with Gasteiger partial charge in [-0.05, 0) is 0 Å². The third kappa shape index (κ3) is 3.90. The van der Waals surface area contributed by atoms with Gasteiger partial charge in [-0.1, -0.05) is 125 Å². The first-order chi connectivity index (χ1) is 10.6. The zero-order chi connectivity index (χ0) is 17.6. The van der Waals surface area contributed by atoms with Crippen LogP contribution in [0.1, 0.15) is 0 Å². The second-order valence-electron chi connectivity index (χ2n) is 4.01. The Morgan fingerprint density at radius 1 is 0.304 bits per heavy atom. The maximum atomic E-state index is 6.21. The Morgan fingerprint density at radius 3 is 0.696 bits per heavy atom. The lowest BCUT2D eigenvalue weighted by molar-refractivity contribution is 1.74. The molecule has 124 valence electrons. The van der Waals surface area contributed by atoms with Crippen molar-refractivity contribution >= 4 is 135 Å². The fraction of sp³-hybridized carbons (Fsp3) is 0. The minimum absolute atomic E-state index is 0.0567. The molecule has 0 bridgehead atoms. The van der Waals surface area contributed by atoms with E-state index in [-0.39, 0.29) is 58.8 Å². The van der Waals surface area contributed by atoms with Gasteiger partial charge in [0.15, 0.2) is 0 Å². The number of rotatable bonds is 2. The Balaban J connectivity index is 2.71. The van der Waals surface area contributed by atoms with Gasteiger partial charge in [0, 0.05) is 10.6 Å². The van der Waals surface area contributed by atoms with Crippen molar-refractivity contribution in [1.29, 1.82) is 0 Å². The van der Waals surface area contributed by atoms with E-state index < -0.39 is 0 Å². The molecule has 0 heterocycles. The summed E-state index contributed by atoms with van der Waals surface area (Å²) >= 11 is 61.0. The molecule has 0 aliphatic carbocycles. The highest BCUT2D eigenvalue weighted by molar-refractivity contribution is 7.57. The predicted molar refractivity (Wildman–Crippen MR) is 111 cm³/mol. The molecule has 0 unspecified atom stereocenters. The zero-order valence-electron chi connectivity index (χ0n) is 10.3. The average Bonchev–Trinajstić information content (AvgIpc) is 2.54. The zero-order valence-corrected chi connectivity index (χ0v) is 18.8. The number of halogens is 10. The van der Waals surface area contributed by atoms with E-state index in [1.54, 1.807) is 0 Å². The topological polar surface area (TPSA) is 0 Å². The molecular weight excluding hydrogens is 530 g/mol. The maximum Gasteiger partial charge on any atom is 0.0809 e. The van der Waals surface area contributed by atoms with E-state index in [4.69, 9.17) is 116 Å². The monoisotopic (exact) mass is 526 g/mol. The van der Waals surface area contributed by atoms with Gasteiger partial charge in [-0.15, -0.1) is 0 Å². The van der Waals surface area contributed by atoms with Gasteiger partial charge >= 0.3 is 0 Å². The SMILES string of the molecule is Clc1c(Cl)c(Cl)c(Pc2c(Cl)c(Cl)c(Cl)c(Cl)c2Cl)c(Cl)c1Cl. The first-order valence-electron chi connectivity index (χ1n) is 5.39. The van der Waals surface area contributed by atoms with Crippen LogP contribution in [0.5, 0.6) is 0 Å². The lowest BCUT2D eigenvalue weighted by Gasteiger charge is -2.16. The summed E-state index contributed by atoms with van der Waals surface area (Å²) in [6, 6.07) is 0. The number of benzene rings is 2. The van der Waals surface area contributed by atoms with E-state index in [1.165, 1.54) is 0 Å². The molecule has 0 saturated carbocycles. The molecule has 0 N–H and O–H groups in total. The van der Waals surface area contributed by atoms with Crippen LogP contribution in [0.3, 0.4) is 0 Å². The van der Waals surface area contributed by atoms with Crippen LogP contribution in [-0.2, 0) is 0 Å². The van der Waals surface area contributed by atoms with Crippen molar-refractivity contribution in [3.05, 3.63) is 50.2 Å². The summed E-state index contributed by atoms with van der Waals surface area (Å²) in [7, 11) is -0.232. The third-order valence-corrected chi connectivity index (χ3v) is 9.36. The molecule has 23 heavy (non-hydrogen) atoms. The molecule has 0 saturated heterocycles. The first kappa shape index (κ1) is 21.1. The van der Waals surface area contributed by atoms with Gasteiger partial charge in [-0.2, -0.15) is 0 Å². The molecule has 2 aromatic carbocycles. The summed E-state index contributed by atoms with van der Waals surface area (Å²) < 4.78 is 0. The summed E-state index contributed by atoms with van der Waals surface area (Å²) in [5.74, 6) is 0. The van der Waals surface area contributed by atoms with Gasteiger partial charge in [0.05, 0.1) is 50.2 Å². The standard InChI is InChI=1S/C12HCl10P/c13-1-3(15)7(19)11(8(20)4(1)16)23-12-9(21)5(17)2(14)6(18)10(12)22/h23H. The third-order valence-electron chi connectivity index (χ3n) is 2.67. The van der Waals surface area contributed by atoms with E-state index in [0.29, 0.717) is 10.6 Å². The Morgan fingerprint density at radius 2 is 0.478 bits per heavy atom. The van der Waals surface area contributed by atoms with Crippen LogP contribution in [0.2, 0.25) is 50.2 Å². The van der Waals surface area contributed by atoms with Crippen molar-refractivity contribution in [3.8, 4) is 0 Å². The van der Waals surface area contributed by atoms with E-state index >= 15 is 0 Å². The summed E-state index contributed by atoms with van der Waals surface area (Å²) in [5, 5.41) is 1.77. The van der Waals surface area contributed by atoms with Crippen LogP contribution in [0, 0.1) is 0 Å². The minimum Gasteiger partial charge on any atom is -0.0819 e. The van der Waals surface area contributed by atoms with E-state index in [1.807, 2.05) is 0 Å². The molecule has 2 rings (SSSR count). The molecular formula is C12HCl10P. The lowest BCUT2D eigenvalue weighted by Crippen LogP contribution is -2.11. The molecule has 0 aromatic heterocycles. The second-order valence-corrected chi connectivity index (χ2v) is 9.04. The van der Waals surface area contributed by atoms with Gasteiger partial charge in [0.2, 0.25) is 0 Å². The molecule has 0 atom stereocenters. The minimum atomic E-state index is -0.232. The highest BCUT2D eigenvalue weighted by Gasteiger charge is 2.24. The van der Waals surface area contributed by atoms with Crippen LogP contribution >= 0.6 is 125 Å². The summed E-state index contributed by atoms with van der Waals surface area (Å²) in [6.45, 7) is 0. The highest BCUT2D eigenvalue weighted by Crippen LogP contribution is 2.45. The van der Waals surface area contributed by atoms with Crippen LogP contribution < -0.4 is 10.6 Å². The molecule has 0 spiro atoms. The maximum absolute atomic E-state index is 6.21. The molecule has 0 aliphatic rings. The number of hydrogen-bond acceptors (Lipinski definition) is 0. The average molecular weight is 531 g/mol. The van der Waals surface area contributed by atoms with Gasteiger partial charge in [-0.25, -0.2) is 0 Å². The molecule has 11 heteroatoms. The fourth-order valence-electron chi connectivity index (χ4n) is 1.55. The highest BCUT2D eigenvalue weighted by atomic mass is 35.5. The van der Waals surface area contributed by atoms with Crippen molar-refractivity contribution in [2.75, 3.05) is 0 Å². The van der Waals surface area contributed by atoms with E-state index in [0.717, 1.165) is 0 Å². The molecule has 0 nitrogen and oxygen atoms in total. The predicted octanol–water partition coefficient (Wildman–Crippen LogP) is 8.85. The summed E-state index contributed by atoms with van der Waals surface area (Å²) in [6.07, 6.45) is 0. The lowest BCUT2D eigenvalue weighted by atomic mass is 10.3. The van der Waals surface area contributed by atoms with Crippen molar-refractivity contribution in [2.24, 2.45) is 0 Å². The Labute approximate surface area is 183 Å². The fourth-order valence-corrected chi connectivity index (χ4v) is 5.90. The van der Waals surface area contributed by atoms with Crippen LogP contribution in [0.4, 0.5) is 0 Å². The van der Waals surface area contributed by atoms with Gasteiger partial charge in [0.1, 0.15) is 0 Å². The van der Waals surface area contributed by atoms with Crippen molar-refractivity contribution in [2.45, 2.75) is 0 Å². The molecule has 2 aromatic rings. The van der Waals surface area contributed by atoms with Gasteiger partial charge in [0.25, 0.3) is 0 Å². The molecule has 0 amide bonds. The summed E-state index contributed by atoms with van der Waals surface area (Å²) in [5.41, 5.74) is 0. The Bertz CT molecular complexity index is 691. The van der Waals surface area contributed by atoms with Crippen molar-refractivity contribution in [3.63, 3.8) is 0 Å². The smallest absolute Gasteiger partial charge is 0.0809 e. The van der Waals surface area contributed by atoms with E-state index in [2.05, 4.69) is 0 Å². The quantitative estimate of drug-likeness (QED) is 0.207. The normalized spacial score (nSPS) is 11.2. The van der Waals surface area contributed by atoms with Crippen LogP contribution in [0.15, 0.2) is 0 Å². The largest absolute Gasteiger partial charge is 0.0819 e. The Hall–Kier alpha value is 1.77. The van der Waals surface area contributed by atoms with Crippen molar-refractivity contribution < 1.29 is 0 Å². The van der Waals surface area contributed by atoms with Gasteiger partial charge < -0.3 is 0 Å². The first-order valence-corrected chi connectivity index (χ1v) is 10.2. The van der Waals surface area contributed by atoms with Crippen LogP contribution in [-0.4, -0.2) is 0 Å². The molecule has 0 radical (unpaired) electrons. The second kappa shape index (κ2) is 8.20. The summed E-state index contributed by atoms with van der Waals surface area (Å²) in [4.78, 5) is 0. The van der Waals surface area contributed by atoms with E-state index in [9.17, 15) is 0 Å². The number of hydrogen-bond donors (Lipinski definition) is 0. The molecule has 0 aliphatic heterocycles.